The maximum Gasteiger partial charge on any atom is 0.255 e. The first kappa shape index (κ1) is 17.5. The number of pyridine rings is 1. The van der Waals surface area contributed by atoms with Crippen LogP contribution >= 0.6 is 0 Å². The molecule has 4 aromatic rings. The van der Waals surface area contributed by atoms with E-state index < -0.39 is 0 Å². The van der Waals surface area contributed by atoms with Crippen LogP contribution in [0.4, 0.5) is 5.69 Å². The van der Waals surface area contributed by atoms with Gasteiger partial charge in [0.1, 0.15) is 5.52 Å². The van der Waals surface area contributed by atoms with Gasteiger partial charge in [-0.1, -0.05) is 0 Å². The Bertz CT molecular complexity index is 1140. The Morgan fingerprint density at radius 1 is 0.964 bits per heavy atom. The SMILES string of the molecule is COc1ccc(C(=O)Nc2ccc3oc(-c4ccncc4)nc3c2)cc1OC. The highest BCUT2D eigenvalue weighted by Crippen LogP contribution is 2.29. The fourth-order valence-corrected chi connectivity index (χ4v) is 2.80. The summed E-state index contributed by atoms with van der Waals surface area (Å²) in [6.45, 7) is 0. The van der Waals surface area contributed by atoms with Crippen LogP contribution in [0, 0.1) is 0 Å². The number of nitrogens with zero attached hydrogens (tertiary/aromatic N) is 2. The number of hydrogen-bond donors (Lipinski definition) is 1. The number of nitrogens with one attached hydrogen (secondary N) is 1. The summed E-state index contributed by atoms with van der Waals surface area (Å²) in [5.41, 5.74) is 3.19. The first-order chi connectivity index (χ1) is 13.7. The van der Waals surface area contributed by atoms with E-state index >= 15 is 0 Å². The van der Waals surface area contributed by atoms with Gasteiger partial charge in [0.05, 0.1) is 14.2 Å². The van der Waals surface area contributed by atoms with Gasteiger partial charge in [-0.05, 0) is 48.5 Å². The lowest BCUT2D eigenvalue weighted by Gasteiger charge is -2.10. The molecule has 7 nitrogen and oxygen atoms in total. The van der Waals surface area contributed by atoms with E-state index in [9.17, 15) is 4.79 Å². The van der Waals surface area contributed by atoms with Crippen molar-refractivity contribution in [2.24, 2.45) is 0 Å². The third-order valence-electron chi connectivity index (χ3n) is 4.22. The highest BCUT2D eigenvalue weighted by atomic mass is 16.5. The Balaban J connectivity index is 1.58. The number of ether oxygens (including phenoxy) is 2. The van der Waals surface area contributed by atoms with Gasteiger partial charge in [0.25, 0.3) is 5.91 Å². The largest absolute Gasteiger partial charge is 0.493 e. The van der Waals surface area contributed by atoms with Crippen LogP contribution in [-0.2, 0) is 0 Å². The summed E-state index contributed by atoms with van der Waals surface area (Å²) in [4.78, 5) is 21.1. The van der Waals surface area contributed by atoms with Gasteiger partial charge >= 0.3 is 0 Å². The molecule has 0 fully saturated rings. The molecule has 140 valence electrons. The number of anilines is 1. The molecular weight excluding hydrogens is 358 g/mol. The molecule has 0 unspecified atom stereocenters. The zero-order chi connectivity index (χ0) is 19.5. The summed E-state index contributed by atoms with van der Waals surface area (Å²) in [6.07, 6.45) is 3.36. The Kier molecular flexibility index (Phi) is 4.63. The molecule has 0 aliphatic carbocycles. The van der Waals surface area contributed by atoms with E-state index in [4.69, 9.17) is 13.9 Å². The lowest BCUT2D eigenvalue weighted by Crippen LogP contribution is -2.12. The zero-order valence-corrected chi connectivity index (χ0v) is 15.3. The van der Waals surface area contributed by atoms with Crippen LogP contribution in [-0.4, -0.2) is 30.1 Å². The van der Waals surface area contributed by atoms with E-state index in [1.807, 2.05) is 12.1 Å². The van der Waals surface area contributed by atoms with Crippen LogP contribution in [0.3, 0.4) is 0 Å². The number of hydrogen-bond acceptors (Lipinski definition) is 6. The average Bonchev–Trinajstić information content (AvgIpc) is 3.17. The first-order valence-electron chi connectivity index (χ1n) is 8.52. The minimum absolute atomic E-state index is 0.266. The van der Waals surface area contributed by atoms with Gasteiger partial charge in [-0.15, -0.1) is 0 Å². The second kappa shape index (κ2) is 7.40. The number of methoxy groups -OCH3 is 2. The second-order valence-electron chi connectivity index (χ2n) is 5.96. The van der Waals surface area contributed by atoms with Gasteiger partial charge in [-0.2, -0.15) is 0 Å². The summed E-state index contributed by atoms with van der Waals surface area (Å²) in [5, 5.41) is 2.86. The molecule has 2 aromatic carbocycles. The Hall–Kier alpha value is -3.87. The van der Waals surface area contributed by atoms with Crippen molar-refractivity contribution in [1.82, 2.24) is 9.97 Å². The molecule has 1 amide bonds. The number of oxazole rings is 1. The summed E-state index contributed by atoms with van der Waals surface area (Å²) < 4.78 is 16.2. The first-order valence-corrected chi connectivity index (χ1v) is 8.52. The predicted molar refractivity (Wildman–Crippen MR) is 105 cm³/mol. The van der Waals surface area contributed by atoms with Crippen molar-refractivity contribution in [1.29, 1.82) is 0 Å². The fourth-order valence-electron chi connectivity index (χ4n) is 2.80. The van der Waals surface area contributed by atoms with Gasteiger partial charge in [-0.3, -0.25) is 9.78 Å². The highest BCUT2D eigenvalue weighted by molar-refractivity contribution is 6.05. The molecule has 0 spiro atoms. The van der Waals surface area contributed by atoms with Gasteiger partial charge in [0, 0.05) is 29.2 Å². The number of aromatic nitrogens is 2. The topological polar surface area (TPSA) is 86.5 Å². The number of carbonyl (C=O) groups excluding carboxylic acids is 1. The standard InChI is InChI=1S/C21H17N3O4/c1-26-18-5-3-14(11-19(18)27-2)20(25)23-15-4-6-17-16(12-15)24-21(28-17)13-7-9-22-10-8-13/h3-12H,1-2H3,(H,23,25). The fraction of sp³-hybridized carbons (Fsp3) is 0.0952. The van der Waals surface area contributed by atoms with Gasteiger partial charge in [0.15, 0.2) is 17.1 Å². The van der Waals surface area contributed by atoms with E-state index in [1.54, 1.807) is 55.9 Å². The Labute approximate surface area is 160 Å². The minimum atomic E-state index is -0.266. The summed E-state index contributed by atoms with van der Waals surface area (Å²) in [7, 11) is 3.07. The van der Waals surface area contributed by atoms with Gasteiger partial charge in [-0.25, -0.2) is 4.98 Å². The van der Waals surface area contributed by atoms with E-state index in [0.29, 0.717) is 39.7 Å². The normalized spacial score (nSPS) is 10.6. The Morgan fingerprint density at radius 3 is 2.50 bits per heavy atom. The zero-order valence-electron chi connectivity index (χ0n) is 15.3. The summed E-state index contributed by atoms with van der Waals surface area (Å²) in [5.74, 6) is 1.29. The van der Waals surface area contributed by atoms with Crippen LogP contribution < -0.4 is 14.8 Å². The van der Waals surface area contributed by atoms with Crippen LogP contribution in [0.15, 0.2) is 65.3 Å². The third kappa shape index (κ3) is 3.37. The number of fused-ring (bicyclic) bond motifs is 1. The third-order valence-corrected chi connectivity index (χ3v) is 4.22. The molecule has 0 saturated heterocycles. The molecule has 0 bridgehead atoms. The van der Waals surface area contributed by atoms with Crippen molar-refractivity contribution in [2.75, 3.05) is 19.5 Å². The van der Waals surface area contributed by atoms with Crippen LogP contribution in [0.5, 0.6) is 11.5 Å². The van der Waals surface area contributed by atoms with Crippen molar-refractivity contribution < 1.29 is 18.7 Å². The second-order valence-corrected chi connectivity index (χ2v) is 5.96. The van der Waals surface area contributed by atoms with Gasteiger partial charge < -0.3 is 19.2 Å². The van der Waals surface area contributed by atoms with Crippen molar-refractivity contribution in [3.05, 3.63) is 66.5 Å². The van der Waals surface area contributed by atoms with E-state index in [-0.39, 0.29) is 5.91 Å². The van der Waals surface area contributed by atoms with Crippen molar-refractivity contribution in [3.8, 4) is 23.0 Å². The molecule has 7 heteroatoms. The highest BCUT2D eigenvalue weighted by Gasteiger charge is 2.13. The molecule has 0 saturated carbocycles. The summed E-state index contributed by atoms with van der Waals surface area (Å²) in [6, 6.07) is 13.9. The van der Waals surface area contributed by atoms with E-state index in [2.05, 4.69) is 15.3 Å². The Morgan fingerprint density at radius 2 is 1.75 bits per heavy atom. The maximum atomic E-state index is 12.6. The lowest BCUT2D eigenvalue weighted by atomic mass is 10.1. The average molecular weight is 375 g/mol. The molecule has 0 radical (unpaired) electrons. The van der Waals surface area contributed by atoms with Crippen molar-refractivity contribution in [3.63, 3.8) is 0 Å². The molecule has 1 N–H and O–H groups in total. The quantitative estimate of drug-likeness (QED) is 0.564. The molecule has 2 heterocycles. The number of rotatable bonds is 5. The van der Waals surface area contributed by atoms with E-state index in [1.165, 1.54) is 7.11 Å². The number of carbonyl (C=O) groups is 1. The van der Waals surface area contributed by atoms with E-state index in [0.717, 1.165) is 5.56 Å². The molecule has 0 aliphatic rings. The van der Waals surface area contributed by atoms with Crippen LogP contribution in [0.2, 0.25) is 0 Å². The van der Waals surface area contributed by atoms with Crippen molar-refractivity contribution >= 4 is 22.7 Å². The summed E-state index contributed by atoms with van der Waals surface area (Å²) >= 11 is 0. The lowest BCUT2D eigenvalue weighted by molar-refractivity contribution is 0.102. The molecule has 4 rings (SSSR count). The molecule has 2 aromatic heterocycles. The predicted octanol–water partition coefficient (Wildman–Crippen LogP) is 4.16. The molecule has 28 heavy (non-hydrogen) atoms. The monoisotopic (exact) mass is 375 g/mol. The van der Waals surface area contributed by atoms with Crippen LogP contribution in [0.1, 0.15) is 10.4 Å². The van der Waals surface area contributed by atoms with Crippen molar-refractivity contribution in [2.45, 2.75) is 0 Å². The molecule has 0 aliphatic heterocycles. The smallest absolute Gasteiger partial charge is 0.255 e. The van der Waals surface area contributed by atoms with Gasteiger partial charge in [0.2, 0.25) is 5.89 Å². The molecular formula is C21H17N3O4. The molecule has 0 atom stereocenters. The number of benzene rings is 2. The minimum Gasteiger partial charge on any atom is -0.493 e. The van der Waals surface area contributed by atoms with Crippen LogP contribution in [0.25, 0.3) is 22.6 Å². The maximum absolute atomic E-state index is 12.6. The number of amides is 1.